The van der Waals surface area contributed by atoms with E-state index in [0.29, 0.717) is 18.5 Å². The maximum atomic E-state index is 13.5. The van der Waals surface area contributed by atoms with Gasteiger partial charge in [0.15, 0.2) is 0 Å². The van der Waals surface area contributed by atoms with Crippen LogP contribution in [0.5, 0.6) is 0 Å². The zero-order chi connectivity index (χ0) is 12.2. The molecule has 2 nitrogen and oxygen atoms in total. The first-order chi connectivity index (χ1) is 7.47. The van der Waals surface area contributed by atoms with Gasteiger partial charge in [0, 0.05) is 12.1 Å². The lowest BCUT2D eigenvalue weighted by molar-refractivity contribution is -0.116. The van der Waals surface area contributed by atoms with Gasteiger partial charge in [0.25, 0.3) is 5.92 Å². The molecular formula is C12H17F2NO. The predicted octanol–water partition coefficient (Wildman–Crippen LogP) is 3.13. The molecule has 4 heteroatoms. The summed E-state index contributed by atoms with van der Waals surface area (Å²) in [5.74, 6) is -3.08. The minimum absolute atomic E-state index is 0.204. The van der Waals surface area contributed by atoms with Gasteiger partial charge in [-0.1, -0.05) is 25.5 Å². The monoisotopic (exact) mass is 229 g/mol. The Morgan fingerprint density at radius 2 is 1.88 bits per heavy atom. The molecular weight excluding hydrogens is 212 g/mol. The highest BCUT2D eigenvalue weighted by molar-refractivity contribution is 5.40. The molecule has 0 aliphatic carbocycles. The van der Waals surface area contributed by atoms with Gasteiger partial charge < -0.3 is 10.8 Å². The number of unbranched alkanes of at least 4 members (excludes halogenated alkanes) is 1. The molecule has 0 fully saturated rings. The lowest BCUT2D eigenvalue weighted by atomic mass is 9.99. The number of alkyl halides is 2. The van der Waals surface area contributed by atoms with E-state index in [4.69, 9.17) is 5.73 Å². The van der Waals surface area contributed by atoms with Crippen LogP contribution < -0.4 is 5.73 Å². The summed E-state index contributed by atoms with van der Waals surface area (Å²) in [6.07, 6.45) is -0.961. The van der Waals surface area contributed by atoms with E-state index in [1.165, 1.54) is 24.3 Å². The molecule has 0 radical (unpaired) electrons. The molecule has 1 atom stereocenters. The van der Waals surface area contributed by atoms with Crippen LogP contribution in [0.15, 0.2) is 24.3 Å². The normalized spacial score (nSPS) is 13.8. The van der Waals surface area contributed by atoms with Crippen LogP contribution in [0.1, 0.15) is 37.9 Å². The van der Waals surface area contributed by atoms with Crippen LogP contribution in [0.2, 0.25) is 0 Å². The molecule has 0 bridgehead atoms. The van der Waals surface area contributed by atoms with Crippen molar-refractivity contribution in [2.75, 3.05) is 5.73 Å². The van der Waals surface area contributed by atoms with Crippen LogP contribution in [0.4, 0.5) is 14.5 Å². The first-order valence-corrected chi connectivity index (χ1v) is 5.38. The molecule has 1 aromatic rings. The predicted molar refractivity (Wildman–Crippen MR) is 60.3 cm³/mol. The number of benzene rings is 1. The fourth-order valence-electron chi connectivity index (χ4n) is 1.47. The van der Waals surface area contributed by atoms with Gasteiger partial charge in [-0.05, 0) is 24.1 Å². The second-order valence-corrected chi connectivity index (χ2v) is 3.93. The van der Waals surface area contributed by atoms with E-state index in [0.717, 1.165) is 0 Å². The van der Waals surface area contributed by atoms with Crippen molar-refractivity contribution in [2.45, 2.75) is 38.2 Å². The van der Waals surface area contributed by atoms with E-state index in [1.807, 2.05) is 6.92 Å². The van der Waals surface area contributed by atoms with Crippen LogP contribution in [-0.2, 0) is 0 Å². The Bertz CT molecular complexity index is 324. The number of rotatable bonds is 5. The van der Waals surface area contributed by atoms with Gasteiger partial charge in [-0.2, -0.15) is 0 Å². The standard InChI is InChI=1S/C12H17F2NO/c1-2-3-8-12(13,14)11(16)9-4-6-10(15)7-5-9/h4-7,11,16H,2-3,8,15H2,1H3. The number of aliphatic hydroxyl groups is 1. The van der Waals surface area contributed by atoms with E-state index in [2.05, 4.69) is 0 Å². The molecule has 1 unspecified atom stereocenters. The van der Waals surface area contributed by atoms with Gasteiger partial charge in [0.05, 0.1) is 0 Å². The Hall–Kier alpha value is -1.16. The molecule has 0 amide bonds. The summed E-state index contributed by atoms with van der Waals surface area (Å²) in [7, 11) is 0. The van der Waals surface area contributed by atoms with Crippen molar-refractivity contribution in [1.29, 1.82) is 0 Å². The summed E-state index contributed by atoms with van der Waals surface area (Å²) < 4.78 is 27.0. The topological polar surface area (TPSA) is 46.2 Å². The maximum absolute atomic E-state index is 13.5. The average molecular weight is 229 g/mol. The Labute approximate surface area is 94.1 Å². The van der Waals surface area contributed by atoms with Crippen molar-refractivity contribution >= 4 is 5.69 Å². The highest BCUT2D eigenvalue weighted by Gasteiger charge is 2.38. The quantitative estimate of drug-likeness (QED) is 0.762. The molecule has 0 aliphatic heterocycles. The molecule has 0 saturated carbocycles. The van der Waals surface area contributed by atoms with Crippen molar-refractivity contribution < 1.29 is 13.9 Å². The number of nitrogens with two attached hydrogens (primary N) is 1. The van der Waals surface area contributed by atoms with Crippen molar-refractivity contribution in [3.8, 4) is 0 Å². The van der Waals surface area contributed by atoms with Crippen molar-refractivity contribution in [1.82, 2.24) is 0 Å². The highest BCUT2D eigenvalue weighted by atomic mass is 19.3. The number of hydrogen-bond acceptors (Lipinski definition) is 2. The van der Waals surface area contributed by atoms with Gasteiger partial charge >= 0.3 is 0 Å². The SMILES string of the molecule is CCCCC(F)(F)C(O)c1ccc(N)cc1. The van der Waals surface area contributed by atoms with Gasteiger partial charge in [0.1, 0.15) is 6.10 Å². The largest absolute Gasteiger partial charge is 0.399 e. The molecule has 0 aromatic heterocycles. The highest BCUT2D eigenvalue weighted by Crippen LogP contribution is 2.35. The van der Waals surface area contributed by atoms with E-state index >= 15 is 0 Å². The first-order valence-electron chi connectivity index (χ1n) is 5.38. The zero-order valence-electron chi connectivity index (χ0n) is 9.29. The van der Waals surface area contributed by atoms with Crippen LogP contribution in [-0.4, -0.2) is 11.0 Å². The van der Waals surface area contributed by atoms with Crippen molar-refractivity contribution in [2.24, 2.45) is 0 Å². The molecule has 0 saturated heterocycles. The Balaban J connectivity index is 2.75. The van der Waals surface area contributed by atoms with Gasteiger partial charge in [-0.15, -0.1) is 0 Å². The second-order valence-electron chi connectivity index (χ2n) is 3.93. The third-order valence-corrected chi connectivity index (χ3v) is 2.52. The van der Waals surface area contributed by atoms with Crippen LogP contribution in [0.25, 0.3) is 0 Å². The molecule has 1 aromatic carbocycles. The summed E-state index contributed by atoms with van der Waals surface area (Å²) in [5.41, 5.74) is 6.14. The first kappa shape index (κ1) is 12.9. The number of halogens is 2. The molecule has 3 N–H and O–H groups in total. The maximum Gasteiger partial charge on any atom is 0.277 e. The fraction of sp³-hybridized carbons (Fsp3) is 0.500. The smallest absolute Gasteiger partial charge is 0.277 e. The van der Waals surface area contributed by atoms with Crippen molar-refractivity contribution in [3.05, 3.63) is 29.8 Å². The van der Waals surface area contributed by atoms with E-state index in [9.17, 15) is 13.9 Å². The average Bonchev–Trinajstić information content (AvgIpc) is 2.26. The van der Waals surface area contributed by atoms with Gasteiger partial charge in [0.2, 0.25) is 0 Å². The summed E-state index contributed by atoms with van der Waals surface area (Å²) in [6.45, 7) is 1.84. The molecule has 1 rings (SSSR count). The molecule has 90 valence electrons. The fourth-order valence-corrected chi connectivity index (χ4v) is 1.47. The Kier molecular flexibility index (Phi) is 4.24. The minimum Gasteiger partial charge on any atom is -0.399 e. The number of aliphatic hydroxyl groups excluding tert-OH is 1. The Morgan fingerprint density at radius 3 is 2.38 bits per heavy atom. The number of nitrogen functional groups attached to an aromatic ring is 1. The molecule has 16 heavy (non-hydrogen) atoms. The lowest BCUT2D eigenvalue weighted by Crippen LogP contribution is -2.26. The minimum atomic E-state index is -3.08. The lowest BCUT2D eigenvalue weighted by Gasteiger charge is -2.22. The summed E-state index contributed by atoms with van der Waals surface area (Å²) in [4.78, 5) is 0. The number of hydrogen-bond donors (Lipinski definition) is 2. The van der Waals surface area contributed by atoms with Crippen molar-refractivity contribution in [3.63, 3.8) is 0 Å². The third-order valence-electron chi connectivity index (χ3n) is 2.52. The zero-order valence-corrected chi connectivity index (χ0v) is 9.29. The second kappa shape index (κ2) is 5.25. The van der Waals surface area contributed by atoms with Crippen LogP contribution >= 0.6 is 0 Å². The van der Waals surface area contributed by atoms with E-state index in [-0.39, 0.29) is 12.0 Å². The van der Waals surface area contributed by atoms with Crippen LogP contribution in [0, 0.1) is 0 Å². The summed E-state index contributed by atoms with van der Waals surface area (Å²) in [5, 5.41) is 9.57. The number of anilines is 1. The molecule has 0 heterocycles. The van der Waals surface area contributed by atoms with Gasteiger partial charge in [-0.25, -0.2) is 8.78 Å². The van der Waals surface area contributed by atoms with Crippen LogP contribution in [0.3, 0.4) is 0 Å². The van der Waals surface area contributed by atoms with E-state index < -0.39 is 12.0 Å². The third kappa shape index (κ3) is 3.17. The molecule has 0 spiro atoms. The Morgan fingerprint density at radius 1 is 1.31 bits per heavy atom. The molecule has 0 aliphatic rings. The summed E-state index contributed by atoms with van der Waals surface area (Å²) >= 11 is 0. The van der Waals surface area contributed by atoms with Gasteiger partial charge in [-0.3, -0.25) is 0 Å². The summed E-state index contributed by atoms with van der Waals surface area (Å²) in [6, 6.07) is 5.88. The van der Waals surface area contributed by atoms with E-state index in [1.54, 1.807) is 0 Å².